The summed E-state index contributed by atoms with van der Waals surface area (Å²) in [6, 6.07) is 8.31. The molecule has 0 bridgehead atoms. The first-order valence-electron chi connectivity index (χ1n) is 17.3. The summed E-state index contributed by atoms with van der Waals surface area (Å²) in [4.78, 5) is 34.3. The van der Waals surface area contributed by atoms with Crippen molar-refractivity contribution in [2.45, 2.75) is 43.7 Å². The van der Waals surface area contributed by atoms with Gasteiger partial charge in [0, 0.05) is 83.3 Å². The summed E-state index contributed by atoms with van der Waals surface area (Å²) in [5, 5.41) is 34.1. The molecule has 1 atom stereocenters. The number of rotatable bonds is 13. The second-order valence-electron chi connectivity index (χ2n) is 12.2. The molecule has 0 aliphatic heterocycles. The second kappa shape index (κ2) is 21.9. The third-order valence-electron chi connectivity index (χ3n) is 8.41. The fourth-order valence-electron chi connectivity index (χ4n) is 5.15. The lowest BCUT2D eigenvalue weighted by Crippen LogP contribution is -2.02. The van der Waals surface area contributed by atoms with Gasteiger partial charge in [-0.3, -0.25) is 14.7 Å². The van der Waals surface area contributed by atoms with Crippen LogP contribution in [0.25, 0.3) is 45.0 Å². The number of imidazole rings is 2. The summed E-state index contributed by atoms with van der Waals surface area (Å²) in [6.07, 6.45) is 14.0. The predicted molar refractivity (Wildman–Crippen MR) is 231 cm³/mol. The molecule has 0 spiro atoms. The van der Waals surface area contributed by atoms with E-state index in [4.69, 9.17) is 27.0 Å². The highest BCUT2D eigenvalue weighted by Gasteiger charge is 2.21. The highest BCUT2D eigenvalue weighted by Crippen LogP contribution is 2.36. The van der Waals surface area contributed by atoms with Crippen LogP contribution < -0.4 is 11.5 Å². The number of anilines is 2. The number of nitrogen functional groups attached to an aromatic ring is 2. The molecule has 6 rings (SSSR count). The largest absolute Gasteiger partial charge is 0.368 e. The Balaban J connectivity index is 0.000000247. The van der Waals surface area contributed by atoms with Gasteiger partial charge in [-0.15, -0.1) is 0 Å². The summed E-state index contributed by atoms with van der Waals surface area (Å²) in [7, 11) is 2.80. The molecule has 0 aromatic carbocycles. The van der Waals surface area contributed by atoms with E-state index in [1.54, 1.807) is 55.2 Å². The van der Waals surface area contributed by atoms with Crippen LogP contribution in [0.5, 0.6) is 0 Å². The summed E-state index contributed by atoms with van der Waals surface area (Å²) in [5.74, 6) is 3.19. The van der Waals surface area contributed by atoms with Gasteiger partial charge in [-0.05, 0) is 38.2 Å². The second-order valence-corrected chi connectivity index (χ2v) is 17.4. The Bertz CT molecular complexity index is 2430. The van der Waals surface area contributed by atoms with Gasteiger partial charge < -0.3 is 20.6 Å². The number of aryl methyl sites for hydroxylation is 2. The number of hydrogen-bond acceptors (Lipinski definition) is 18. The van der Waals surface area contributed by atoms with E-state index < -0.39 is 10.8 Å². The van der Waals surface area contributed by atoms with Crippen molar-refractivity contribution in [2.24, 2.45) is 14.1 Å². The first-order chi connectivity index (χ1) is 27.9. The average molecular weight is 859 g/mol. The highest BCUT2D eigenvalue weighted by atomic mass is 32.2. The van der Waals surface area contributed by atoms with E-state index in [-0.39, 0.29) is 11.9 Å². The van der Waals surface area contributed by atoms with Gasteiger partial charge in [-0.2, -0.15) is 22.3 Å². The molecule has 6 aromatic rings. The van der Waals surface area contributed by atoms with Gasteiger partial charge in [0.2, 0.25) is 11.9 Å². The number of nitrogens with two attached hydrogens (primary N) is 2. The normalized spacial score (nSPS) is 11.1. The zero-order valence-corrected chi connectivity index (χ0v) is 35.9. The molecule has 21 heteroatoms. The van der Waals surface area contributed by atoms with Gasteiger partial charge in [-0.25, -0.2) is 39.9 Å². The van der Waals surface area contributed by atoms with Crippen LogP contribution in [0.3, 0.4) is 0 Å². The number of hydrogen-bond donors (Lipinski definition) is 4. The average Bonchev–Trinajstić information content (AvgIpc) is 3.75. The van der Waals surface area contributed by atoms with Crippen molar-refractivity contribution >= 4 is 58.0 Å². The molecule has 0 fully saturated rings. The molecule has 0 amide bonds. The third-order valence-corrected chi connectivity index (χ3v) is 13.1. The van der Waals surface area contributed by atoms with Crippen molar-refractivity contribution in [3.63, 3.8) is 0 Å². The Labute approximate surface area is 351 Å². The number of nitriles is 2. The molecule has 17 nitrogen and oxygen atoms in total. The van der Waals surface area contributed by atoms with Gasteiger partial charge in [0.1, 0.15) is 33.8 Å². The topological polar surface area (TPSA) is 270 Å². The molecule has 6 aromatic heterocycles. The summed E-state index contributed by atoms with van der Waals surface area (Å²) in [6.45, 7) is 6.01. The van der Waals surface area contributed by atoms with Gasteiger partial charge in [-0.1, -0.05) is 36.9 Å². The molecule has 58 heavy (non-hydrogen) atoms. The summed E-state index contributed by atoms with van der Waals surface area (Å²) < 4.78 is 15.4. The number of pyridine rings is 2. The van der Waals surface area contributed by atoms with Crippen LogP contribution in [0.2, 0.25) is 0 Å². The fraction of sp³-hybridized carbons (Fsp3) is 0.297. The molecule has 1 unspecified atom stereocenters. The van der Waals surface area contributed by atoms with E-state index in [0.29, 0.717) is 48.8 Å². The maximum atomic E-state index is 11.6. The zero-order valence-electron chi connectivity index (χ0n) is 32.6. The lowest BCUT2D eigenvalue weighted by Gasteiger charge is -2.13. The Morgan fingerprint density at radius 1 is 0.741 bits per heavy atom. The van der Waals surface area contributed by atoms with Gasteiger partial charge >= 0.3 is 0 Å². The Kier molecular flexibility index (Phi) is 17.1. The summed E-state index contributed by atoms with van der Waals surface area (Å²) >= 11 is 4.73. The lowest BCUT2D eigenvalue weighted by molar-refractivity contribution is -0.176. The first-order valence-corrected chi connectivity index (χ1v) is 22.2. The first kappa shape index (κ1) is 45.3. The number of unbranched alkanes of at least 4 members (excludes halogenated alkanes) is 1. The van der Waals surface area contributed by atoms with Crippen molar-refractivity contribution < 1.29 is 14.7 Å². The monoisotopic (exact) mass is 858 g/mol. The number of aromatic nitrogens is 10. The van der Waals surface area contributed by atoms with Crippen LogP contribution in [-0.4, -0.2) is 85.9 Å². The third kappa shape index (κ3) is 11.4. The quantitative estimate of drug-likeness (QED) is 0.0320. The maximum absolute atomic E-state index is 11.6. The van der Waals surface area contributed by atoms with Gasteiger partial charge in [0.05, 0.1) is 51.4 Å². The zero-order chi connectivity index (χ0) is 42.4. The Morgan fingerprint density at radius 2 is 1.17 bits per heavy atom. The minimum absolute atomic E-state index is 0.172. The molecular formula is C37H42N14O3S4. The summed E-state index contributed by atoms with van der Waals surface area (Å²) in [5.41, 5.74) is 18.1. The number of thioether (sulfide) groups is 3. The minimum Gasteiger partial charge on any atom is -0.368 e. The molecule has 0 radical (unpaired) electrons. The maximum Gasteiger partial charge on any atom is 0.219 e. The van der Waals surface area contributed by atoms with Crippen molar-refractivity contribution in [3.05, 3.63) is 72.1 Å². The predicted octanol–water partition coefficient (Wildman–Crippen LogP) is 6.43. The van der Waals surface area contributed by atoms with Crippen LogP contribution in [0.15, 0.2) is 59.4 Å². The molecule has 0 aliphatic rings. The van der Waals surface area contributed by atoms with E-state index in [2.05, 4.69) is 54.0 Å². The van der Waals surface area contributed by atoms with Crippen molar-refractivity contribution in [1.29, 1.82) is 10.5 Å². The van der Waals surface area contributed by atoms with Crippen LogP contribution in [0.4, 0.5) is 11.9 Å². The fourth-order valence-corrected chi connectivity index (χ4v) is 8.94. The lowest BCUT2D eigenvalue weighted by atomic mass is 10.0. The molecule has 6 heterocycles. The number of nitrogens with zero attached hydrogens (tertiary/aromatic N) is 12. The van der Waals surface area contributed by atoms with Crippen molar-refractivity contribution in [1.82, 2.24) is 49.0 Å². The van der Waals surface area contributed by atoms with Gasteiger partial charge in [0.15, 0.2) is 0 Å². The van der Waals surface area contributed by atoms with E-state index in [1.807, 2.05) is 61.0 Å². The molecule has 0 saturated heterocycles. The molecule has 6 N–H and O–H groups in total. The van der Waals surface area contributed by atoms with E-state index in [0.717, 1.165) is 45.0 Å². The molecule has 0 aliphatic carbocycles. The Morgan fingerprint density at radius 3 is 1.53 bits per heavy atom. The molecule has 0 saturated carbocycles. The van der Waals surface area contributed by atoms with Crippen LogP contribution >= 0.6 is 35.3 Å². The van der Waals surface area contributed by atoms with Crippen molar-refractivity contribution in [2.75, 3.05) is 33.6 Å². The van der Waals surface area contributed by atoms with Crippen LogP contribution in [-0.2, 0) is 24.9 Å². The molecule has 302 valence electrons. The van der Waals surface area contributed by atoms with Crippen LogP contribution in [0.1, 0.15) is 42.5 Å². The SMILES string of the molecule is CCCCSCSc1nc(-c2cnc(N)nc2)cc(-c2cnc(C)n2C)c1C#N.Cc1ncc(-c2cc(-c3cnc(N)nc3)nc(SCS(C)=O)c2C#N)n1C.OO. The van der Waals surface area contributed by atoms with E-state index in [9.17, 15) is 14.7 Å². The van der Waals surface area contributed by atoms with Crippen LogP contribution in [0, 0.1) is 36.5 Å². The highest BCUT2D eigenvalue weighted by molar-refractivity contribution is 8.16. The van der Waals surface area contributed by atoms with Crippen molar-refractivity contribution in [3.8, 4) is 57.2 Å². The smallest absolute Gasteiger partial charge is 0.219 e. The minimum atomic E-state index is -1.03. The Hall–Kier alpha value is -5.42. The van der Waals surface area contributed by atoms with E-state index in [1.165, 1.54) is 24.6 Å². The van der Waals surface area contributed by atoms with E-state index >= 15 is 0 Å². The van der Waals surface area contributed by atoms with Gasteiger partial charge in [0.25, 0.3) is 0 Å². The molecular weight excluding hydrogens is 817 g/mol. The standard InChI is InChI=1S/C20H23N7S2.C17H17N7OS2.H2O2/c1-4-5-6-28-12-29-19-16(8-21)15(18-11-23-13(2)27(18)3)7-17(26-19)14-9-24-20(22)25-10-14;1-10-20-8-15(24(10)2)12-4-14(11-6-21-17(19)22-7-11)23-16(13(12)5-18)26-9-27(3)25;1-2/h7,9-11H,4-6,12H2,1-3H3,(H2,22,24,25);4,6-8H,9H2,1-3H3,(H2,19,21,22);1-2H.